The van der Waals surface area contributed by atoms with Gasteiger partial charge in [0.1, 0.15) is 5.75 Å². The molecule has 1 unspecified atom stereocenters. The lowest BCUT2D eigenvalue weighted by Crippen LogP contribution is -2.38. The Hall–Kier alpha value is -1.64. The first-order valence-electron chi connectivity index (χ1n) is 8.45. The van der Waals surface area contributed by atoms with Gasteiger partial charge in [-0.25, -0.2) is 12.7 Å². The number of piperidine rings is 1. The fraction of sp³-hybridized carbons (Fsp3) is 0.529. The van der Waals surface area contributed by atoms with Gasteiger partial charge in [-0.3, -0.25) is 0 Å². The van der Waals surface area contributed by atoms with Gasteiger partial charge in [0.2, 0.25) is 10.0 Å². The minimum atomic E-state index is -3.12. The number of methoxy groups -OCH3 is 1. The summed E-state index contributed by atoms with van der Waals surface area (Å²) in [6.45, 7) is 1.12. The van der Waals surface area contributed by atoms with Crippen molar-refractivity contribution in [2.75, 3.05) is 26.5 Å². The summed E-state index contributed by atoms with van der Waals surface area (Å²) in [5.41, 5.74) is 0.765. The van der Waals surface area contributed by atoms with E-state index >= 15 is 0 Å². The Balaban J connectivity index is 1.52. The number of hydrogen-bond acceptors (Lipinski definition) is 6. The highest BCUT2D eigenvalue weighted by Crippen LogP contribution is 2.64. The number of halogens is 1. The summed E-state index contributed by atoms with van der Waals surface area (Å²) in [5.74, 6) is 1.90. The van der Waals surface area contributed by atoms with Crippen molar-refractivity contribution >= 4 is 21.6 Å². The van der Waals surface area contributed by atoms with Crippen LogP contribution in [0.5, 0.6) is 5.75 Å². The second-order valence-corrected chi connectivity index (χ2v) is 9.50. The molecule has 1 aromatic carbocycles. The van der Waals surface area contributed by atoms with Crippen molar-refractivity contribution in [2.24, 2.45) is 5.41 Å². The van der Waals surface area contributed by atoms with Crippen LogP contribution in [-0.4, -0.2) is 49.3 Å². The minimum Gasteiger partial charge on any atom is -0.496 e. The normalized spacial score (nSPS) is 22.5. The van der Waals surface area contributed by atoms with E-state index in [1.165, 1.54) is 6.26 Å². The number of benzene rings is 1. The molecule has 2 heterocycles. The van der Waals surface area contributed by atoms with Gasteiger partial charge in [-0.2, -0.15) is 4.98 Å². The lowest BCUT2D eigenvalue weighted by Gasteiger charge is -2.30. The van der Waals surface area contributed by atoms with Gasteiger partial charge in [0, 0.05) is 24.0 Å². The van der Waals surface area contributed by atoms with Crippen LogP contribution in [0.3, 0.4) is 0 Å². The van der Waals surface area contributed by atoms with Crippen LogP contribution in [0.4, 0.5) is 0 Å². The summed E-state index contributed by atoms with van der Waals surface area (Å²) < 4.78 is 35.7. The summed E-state index contributed by atoms with van der Waals surface area (Å²) in [5, 5.41) is 4.73. The molecule has 0 bridgehead atoms. The van der Waals surface area contributed by atoms with E-state index in [-0.39, 0.29) is 11.3 Å². The predicted octanol–water partition coefficient (Wildman–Crippen LogP) is 2.93. The molecular formula is C17H20ClN3O4S. The topological polar surface area (TPSA) is 85.5 Å². The molecule has 2 aliphatic rings. The first-order chi connectivity index (χ1) is 12.3. The Labute approximate surface area is 157 Å². The Kier molecular flexibility index (Phi) is 4.24. The maximum Gasteiger partial charge on any atom is 0.261 e. The second-order valence-electron chi connectivity index (χ2n) is 7.08. The molecule has 0 N–H and O–H groups in total. The summed E-state index contributed by atoms with van der Waals surface area (Å²) in [4.78, 5) is 4.56. The van der Waals surface area contributed by atoms with Crippen LogP contribution in [0.2, 0.25) is 5.02 Å². The Morgan fingerprint density at radius 2 is 2.08 bits per heavy atom. The lowest BCUT2D eigenvalue weighted by atomic mass is 9.92. The van der Waals surface area contributed by atoms with E-state index in [1.54, 1.807) is 29.6 Å². The zero-order chi connectivity index (χ0) is 18.5. The van der Waals surface area contributed by atoms with Gasteiger partial charge in [0.05, 0.1) is 18.9 Å². The van der Waals surface area contributed by atoms with Crippen molar-refractivity contribution < 1.29 is 17.7 Å². The molecule has 1 aromatic heterocycles. The van der Waals surface area contributed by atoms with E-state index < -0.39 is 10.0 Å². The fourth-order valence-electron chi connectivity index (χ4n) is 3.86. The Morgan fingerprint density at radius 3 is 2.73 bits per heavy atom. The van der Waals surface area contributed by atoms with Gasteiger partial charge in [0.25, 0.3) is 5.89 Å². The van der Waals surface area contributed by atoms with Gasteiger partial charge in [-0.1, -0.05) is 16.8 Å². The number of rotatable bonds is 4. The molecule has 1 aliphatic carbocycles. The van der Waals surface area contributed by atoms with E-state index in [0.717, 1.165) is 19.3 Å². The lowest BCUT2D eigenvalue weighted by molar-refractivity contribution is 0.250. The van der Waals surface area contributed by atoms with Gasteiger partial charge < -0.3 is 9.26 Å². The molecule has 1 spiro atoms. The molecule has 7 nitrogen and oxygen atoms in total. The van der Waals surface area contributed by atoms with E-state index in [0.29, 0.717) is 41.1 Å². The average molecular weight is 398 g/mol. The molecule has 140 valence electrons. The second kappa shape index (κ2) is 6.21. The molecule has 1 aliphatic heterocycles. The van der Waals surface area contributed by atoms with Crippen molar-refractivity contribution in [1.82, 2.24) is 14.4 Å². The standard InChI is InChI=1S/C17H20ClN3O4S/c1-24-14-4-3-11(18)9-12(14)16-19-15(20-25-16)13-10-17(13)5-7-21(8-6-17)26(2,22)23/h3-4,9,13H,5-8,10H2,1-2H3. The van der Waals surface area contributed by atoms with Crippen molar-refractivity contribution in [3.05, 3.63) is 29.0 Å². The molecule has 1 saturated heterocycles. The predicted molar refractivity (Wildman–Crippen MR) is 96.7 cm³/mol. The SMILES string of the molecule is COc1ccc(Cl)cc1-c1nc(C2CC23CCN(S(C)(=O)=O)CC3)no1. The number of aromatic nitrogens is 2. The minimum absolute atomic E-state index is 0.0980. The molecule has 2 fully saturated rings. The van der Waals surface area contributed by atoms with Crippen molar-refractivity contribution in [3.63, 3.8) is 0 Å². The highest BCUT2D eigenvalue weighted by Gasteiger charge is 2.58. The summed E-state index contributed by atoms with van der Waals surface area (Å²) in [6, 6.07) is 5.25. The van der Waals surface area contributed by atoms with Crippen LogP contribution >= 0.6 is 11.6 Å². The largest absolute Gasteiger partial charge is 0.496 e. The fourth-order valence-corrected chi connectivity index (χ4v) is 4.88. The average Bonchev–Trinajstić information content (AvgIpc) is 3.07. The van der Waals surface area contributed by atoms with Crippen molar-refractivity contribution in [3.8, 4) is 17.2 Å². The molecule has 9 heteroatoms. The molecule has 0 radical (unpaired) electrons. The van der Waals surface area contributed by atoms with Crippen molar-refractivity contribution in [2.45, 2.75) is 25.2 Å². The molecule has 1 saturated carbocycles. The maximum atomic E-state index is 11.7. The van der Waals surface area contributed by atoms with Crippen molar-refractivity contribution in [1.29, 1.82) is 0 Å². The molecule has 0 amide bonds. The zero-order valence-corrected chi connectivity index (χ0v) is 16.2. The van der Waals surface area contributed by atoms with Gasteiger partial charge in [0.15, 0.2) is 5.82 Å². The van der Waals surface area contributed by atoms with Crippen LogP contribution in [0.15, 0.2) is 22.7 Å². The van der Waals surface area contributed by atoms with E-state index in [2.05, 4.69) is 10.1 Å². The monoisotopic (exact) mass is 397 g/mol. The van der Waals surface area contributed by atoms with Crippen LogP contribution < -0.4 is 4.74 Å². The van der Waals surface area contributed by atoms with E-state index in [9.17, 15) is 8.42 Å². The summed E-state index contributed by atoms with van der Waals surface area (Å²) in [6.07, 6.45) is 3.89. The number of hydrogen-bond donors (Lipinski definition) is 0. The number of sulfonamides is 1. The van der Waals surface area contributed by atoms with Crippen LogP contribution in [0.25, 0.3) is 11.5 Å². The van der Waals surface area contributed by atoms with Crippen LogP contribution in [-0.2, 0) is 10.0 Å². The van der Waals surface area contributed by atoms with Gasteiger partial charge in [-0.05, 0) is 42.9 Å². The van der Waals surface area contributed by atoms with E-state index in [4.69, 9.17) is 20.9 Å². The van der Waals surface area contributed by atoms with Gasteiger partial charge in [-0.15, -0.1) is 0 Å². The maximum absolute atomic E-state index is 11.7. The smallest absolute Gasteiger partial charge is 0.261 e. The number of ether oxygens (including phenoxy) is 1. The molecular weight excluding hydrogens is 378 g/mol. The van der Waals surface area contributed by atoms with Crippen LogP contribution in [0.1, 0.15) is 31.0 Å². The summed E-state index contributed by atoms with van der Waals surface area (Å²) in [7, 11) is -1.54. The molecule has 26 heavy (non-hydrogen) atoms. The quantitative estimate of drug-likeness (QED) is 0.788. The highest BCUT2D eigenvalue weighted by molar-refractivity contribution is 7.88. The number of nitrogens with zero attached hydrogens (tertiary/aromatic N) is 3. The molecule has 4 rings (SSSR count). The van der Waals surface area contributed by atoms with E-state index in [1.807, 2.05) is 0 Å². The summed E-state index contributed by atoms with van der Waals surface area (Å²) >= 11 is 6.07. The third-order valence-electron chi connectivity index (χ3n) is 5.52. The van der Waals surface area contributed by atoms with Crippen LogP contribution in [0, 0.1) is 5.41 Å². The third kappa shape index (κ3) is 3.10. The molecule has 1 atom stereocenters. The van der Waals surface area contributed by atoms with Gasteiger partial charge >= 0.3 is 0 Å². The first kappa shape index (κ1) is 17.8. The Bertz CT molecular complexity index is 935. The first-order valence-corrected chi connectivity index (χ1v) is 10.7. The zero-order valence-electron chi connectivity index (χ0n) is 14.6. The highest BCUT2D eigenvalue weighted by atomic mass is 35.5. The Morgan fingerprint density at radius 1 is 1.35 bits per heavy atom. The molecule has 2 aromatic rings. The third-order valence-corrected chi connectivity index (χ3v) is 7.06.